The number of hydrogen-bond acceptors (Lipinski definition) is 5. The highest BCUT2D eigenvalue weighted by molar-refractivity contribution is 5.99. The number of pyridine rings is 1. The number of ether oxygens (including phenoxy) is 1. The number of carbonyl (C=O) groups is 2. The van der Waals surface area contributed by atoms with Gasteiger partial charge in [0.25, 0.3) is 5.91 Å². The number of benzene rings is 1. The lowest BCUT2D eigenvalue weighted by Crippen LogP contribution is -2.50. The summed E-state index contributed by atoms with van der Waals surface area (Å²) in [5.74, 6) is -1.17. The van der Waals surface area contributed by atoms with E-state index in [9.17, 15) is 14.0 Å². The molecule has 3 rings (SSSR count). The summed E-state index contributed by atoms with van der Waals surface area (Å²) < 4.78 is 19.1. The van der Waals surface area contributed by atoms with Gasteiger partial charge in [0.15, 0.2) is 6.10 Å². The van der Waals surface area contributed by atoms with Crippen molar-refractivity contribution in [1.29, 1.82) is 0 Å². The maximum Gasteiger partial charge on any atom is 0.257 e. The molecule has 1 unspecified atom stereocenters. The number of anilines is 2. The summed E-state index contributed by atoms with van der Waals surface area (Å²) in [6.45, 7) is 0.620. The van der Waals surface area contributed by atoms with Crippen molar-refractivity contribution in [3.8, 4) is 0 Å². The highest BCUT2D eigenvalue weighted by atomic mass is 19.1. The number of morpholine rings is 1. The Morgan fingerprint density at radius 1 is 1.28 bits per heavy atom. The average Bonchev–Trinajstić information content (AvgIpc) is 2.63. The lowest BCUT2D eigenvalue weighted by Gasteiger charge is -2.31. The number of amides is 2. The SMILES string of the molecule is NC(=O)C1CN(C(=O)c2cccnc2Nc2ccccc2F)CCO1. The number of primary amides is 1. The minimum atomic E-state index is -0.836. The first-order valence-electron chi connectivity index (χ1n) is 7.73. The summed E-state index contributed by atoms with van der Waals surface area (Å²) >= 11 is 0. The second-order valence-electron chi connectivity index (χ2n) is 5.52. The van der Waals surface area contributed by atoms with Crippen LogP contribution in [0, 0.1) is 5.82 Å². The van der Waals surface area contributed by atoms with Crippen LogP contribution in [0.15, 0.2) is 42.6 Å². The molecule has 0 radical (unpaired) electrons. The molecule has 7 nitrogen and oxygen atoms in total. The summed E-state index contributed by atoms with van der Waals surface area (Å²) in [6, 6.07) is 9.32. The van der Waals surface area contributed by atoms with Gasteiger partial charge in [-0.15, -0.1) is 0 Å². The van der Waals surface area contributed by atoms with Crippen molar-refractivity contribution in [3.05, 3.63) is 54.0 Å². The van der Waals surface area contributed by atoms with Crippen LogP contribution in [-0.2, 0) is 9.53 Å². The fourth-order valence-corrected chi connectivity index (χ4v) is 2.54. The van der Waals surface area contributed by atoms with Crippen molar-refractivity contribution in [3.63, 3.8) is 0 Å². The Balaban J connectivity index is 1.84. The number of para-hydroxylation sites is 1. The molecule has 0 aliphatic carbocycles. The van der Waals surface area contributed by atoms with Crippen molar-refractivity contribution in [2.24, 2.45) is 5.73 Å². The number of rotatable bonds is 4. The van der Waals surface area contributed by atoms with Crippen molar-refractivity contribution in [2.45, 2.75) is 6.10 Å². The molecule has 3 N–H and O–H groups in total. The highest BCUT2D eigenvalue weighted by Gasteiger charge is 2.29. The van der Waals surface area contributed by atoms with E-state index in [0.717, 1.165) is 0 Å². The summed E-state index contributed by atoms with van der Waals surface area (Å²) in [5, 5.41) is 2.84. The van der Waals surface area contributed by atoms with Gasteiger partial charge in [-0.1, -0.05) is 12.1 Å². The van der Waals surface area contributed by atoms with Gasteiger partial charge < -0.3 is 20.7 Å². The molecule has 1 aromatic heterocycles. The first-order valence-corrected chi connectivity index (χ1v) is 7.73. The Morgan fingerprint density at radius 3 is 2.84 bits per heavy atom. The van der Waals surface area contributed by atoms with Crippen LogP contribution in [0.2, 0.25) is 0 Å². The van der Waals surface area contributed by atoms with Gasteiger partial charge in [0.2, 0.25) is 5.91 Å². The van der Waals surface area contributed by atoms with Crippen LogP contribution >= 0.6 is 0 Å². The van der Waals surface area contributed by atoms with Gasteiger partial charge in [-0.05, 0) is 24.3 Å². The molecule has 1 fully saturated rings. The van der Waals surface area contributed by atoms with E-state index in [2.05, 4.69) is 10.3 Å². The molecule has 1 saturated heterocycles. The Morgan fingerprint density at radius 2 is 2.08 bits per heavy atom. The molecule has 1 aliphatic heterocycles. The predicted molar refractivity (Wildman–Crippen MR) is 88.8 cm³/mol. The summed E-state index contributed by atoms with van der Waals surface area (Å²) in [4.78, 5) is 29.7. The third-order valence-corrected chi connectivity index (χ3v) is 3.84. The monoisotopic (exact) mass is 344 g/mol. The molecular weight excluding hydrogens is 327 g/mol. The van der Waals surface area contributed by atoms with Gasteiger partial charge in [0, 0.05) is 12.7 Å². The topological polar surface area (TPSA) is 97.6 Å². The highest BCUT2D eigenvalue weighted by Crippen LogP contribution is 2.22. The lowest BCUT2D eigenvalue weighted by molar-refractivity contribution is -0.133. The van der Waals surface area contributed by atoms with E-state index in [-0.39, 0.29) is 36.1 Å². The summed E-state index contributed by atoms with van der Waals surface area (Å²) in [5.41, 5.74) is 5.74. The molecule has 25 heavy (non-hydrogen) atoms. The van der Waals surface area contributed by atoms with Crippen LogP contribution in [0.5, 0.6) is 0 Å². The molecule has 2 amide bonds. The number of hydrogen-bond donors (Lipinski definition) is 2. The van der Waals surface area contributed by atoms with Crippen molar-refractivity contribution in [2.75, 3.05) is 25.0 Å². The van der Waals surface area contributed by atoms with Crippen LogP contribution in [0.25, 0.3) is 0 Å². The average molecular weight is 344 g/mol. The lowest BCUT2D eigenvalue weighted by atomic mass is 10.1. The van der Waals surface area contributed by atoms with Crippen LogP contribution in [0.4, 0.5) is 15.9 Å². The zero-order chi connectivity index (χ0) is 17.8. The zero-order valence-electron chi connectivity index (χ0n) is 13.3. The predicted octanol–water partition coefficient (Wildman–Crippen LogP) is 1.29. The van der Waals surface area contributed by atoms with E-state index in [1.165, 1.54) is 17.2 Å². The third kappa shape index (κ3) is 3.74. The number of nitrogens with two attached hydrogens (primary N) is 1. The quantitative estimate of drug-likeness (QED) is 0.871. The van der Waals surface area contributed by atoms with Crippen LogP contribution in [0.1, 0.15) is 10.4 Å². The third-order valence-electron chi connectivity index (χ3n) is 3.84. The Hall–Kier alpha value is -3.00. The van der Waals surface area contributed by atoms with Gasteiger partial charge in [0.1, 0.15) is 11.6 Å². The van der Waals surface area contributed by atoms with Gasteiger partial charge in [-0.3, -0.25) is 9.59 Å². The van der Waals surface area contributed by atoms with Crippen molar-refractivity contribution >= 4 is 23.3 Å². The number of carbonyl (C=O) groups excluding carboxylic acids is 2. The smallest absolute Gasteiger partial charge is 0.257 e. The molecule has 1 atom stereocenters. The minimum absolute atomic E-state index is 0.0716. The zero-order valence-corrected chi connectivity index (χ0v) is 13.3. The molecule has 1 aromatic carbocycles. The largest absolute Gasteiger partial charge is 0.367 e. The normalized spacial score (nSPS) is 17.2. The first kappa shape index (κ1) is 16.8. The Labute approximate surface area is 143 Å². The van der Waals surface area contributed by atoms with Crippen molar-refractivity contribution in [1.82, 2.24) is 9.88 Å². The second kappa shape index (κ2) is 7.27. The minimum Gasteiger partial charge on any atom is -0.367 e. The van der Waals surface area contributed by atoms with E-state index in [1.54, 1.807) is 30.3 Å². The summed E-state index contributed by atoms with van der Waals surface area (Å²) in [7, 11) is 0. The molecule has 2 aromatic rings. The van der Waals surface area contributed by atoms with E-state index in [4.69, 9.17) is 10.5 Å². The number of aromatic nitrogens is 1. The molecule has 0 spiro atoms. The maximum absolute atomic E-state index is 13.8. The van der Waals surface area contributed by atoms with Gasteiger partial charge in [-0.2, -0.15) is 0 Å². The molecule has 2 heterocycles. The maximum atomic E-state index is 13.8. The molecular formula is C17H17FN4O3. The van der Waals surface area contributed by atoms with E-state index in [0.29, 0.717) is 6.54 Å². The van der Waals surface area contributed by atoms with Gasteiger partial charge in [0.05, 0.1) is 24.4 Å². The van der Waals surface area contributed by atoms with Crippen molar-refractivity contribution < 1.29 is 18.7 Å². The van der Waals surface area contributed by atoms with Gasteiger partial charge >= 0.3 is 0 Å². The number of nitrogens with one attached hydrogen (secondary N) is 1. The fraction of sp³-hybridized carbons (Fsp3) is 0.235. The molecule has 0 saturated carbocycles. The molecule has 0 bridgehead atoms. The first-order chi connectivity index (χ1) is 12.1. The van der Waals surface area contributed by atoms with Gasteiger partial charge in [-0.25, -0.2) is 9.37 Å². The van der Waals surface area contributed by atoms with Crippen LogP contribution in [0.3, 0.4) is 0 Å². The van der Waals surface area contributed by atoms with Crippen LogP contribution in [-0.4, -0.2) is 47.5 Å². The summed E-state index contributed by atoms with van der Waals surface area (Å²) in [6.07, 6.45) is 0.670. The molecule has 130 valence electrons. The second-order valence-corrected chi connectivity index (χ2v) is 5.52. The number of halogens is 1. The fourth-order valence-electron chi connectivity index (χ4n) is 2.54. The van der Waals surface area contributed by atoms with E-state index < -0.39 is 17.8 Å². The molecule has 8 heteroatoms. The van der Waals surface area contributed by atoms with Crippen LogP contribution < -0.4 is 11.1 Å². The standard InChI is InChI=1S/C17H17FN4O3/c18-12-5-1-2-6-13(12)21-16-11(4-3-7-20-16)17(24)22-8-9-25-14(10-22)15(19)23/h1-7,14H,8-10H2,(H2,19,23)(H,20,21). The molecule has 1 aliphatic rings. The number of nitrogens with zero attached hydrogens (tertiary/aromatic N) is 2. The Kier molecular flexibility index (Phi) is 4.90. The van der Waals surface area contributed by atoms with E-state index in [1.807, 2.05) is 0 Å². The van der Waals surface area contributed by atoms with E-state index >= 15 is 0 Å². The Bertz CT molecular complexity index is 799.